The number of hydrogen-bond acceptors (Lipinski definition) is 5. The van der Waals surface area contributed by atoms with Gasteiger partial charge in [0.15, 0.2) is 5.65 Å². The van der Waals surface area contributed by atoms with Crippen LogP contribution in [0, 0.1) is 6.92 Å². The molecule has 2 aromatic carbocycles. The van der Waals surface area contributed by atoms with Gasteiger partial charge in [0.2, 0.25) is 0 Å². The standard InChI is InChI=1S/C26H25N5O3/c1-17-23-20(16-21(18-8-4-3-5-9-18)27-24(23)29(2)28-17)26(34)31-14-12-30(13-15-31)25(33)19-10-6-7-11-22(19)32/h3-11,16,32H,12-15H2,1-2H3. The van der Waals surface area contributed by atoms with E-state index in [1.165, 1.54) is 6.07 Å². The van der Waals surface area contributed by atoms with Crippen LogP contribution in [0.3, 0.4) is 0 Å². The van der Waals surface area contributed by atoms with Gasteiger partial charge in [0.25, 0.3) is 11.8 Å². The van der Waals surface area contributed by atoms with E-state index in [2.05, 4.69) is 5.10 Å². The van der Waals surface area contributed by atoms with Crippen LogP contribution in [0.15, 0.2) is 60.7 Å². The predicted molar refractivity (Wildman–Crippen MR) is 129 cm³/mol. The maximum Gasteiger partial charge on any atom is 0.257 e. The van der Waals surface area contributed by atoms with Crippen molar-refractivity contribution in [3.8, 4) is 17.0 Å². The molecule has 0 saturated carbocycles. The maximum atomic E-state index is 13.7. The van der Waals surface area contributed by atoms with Crippen molar-refractivity contribution >= 4 is 22.8 Å². The molecule has 2 amide bonds. The molecule has 0 atom stereocenters. The number of amides is 2. The van der Waals surface area contributed by atoms with Crippen molar-refractivity contribution < 1.29 is 14.7 Å². The van der Waals surface area contributed by atoms with Gasteiger partial charge in [-0.25, -0.2) is 4.98 Å². The highest BCUT2D eigenvalue weighted by Crippen LogP contribution is 2.28. The van der Waals surface area contributed by atoms with Crippen LogP contribution in [0.25, 0.3) is 22.3 Å². The fourth-order valence-corrected chi connectivity index (χ4v) is 4.48. The van der Waals surface area contributed by atoms with Crippen molar-refractivity contribution in [2.75, 3.05) is 26.2 Å². The van der Waals surface area contributed by atoms with Gasteiger partial charge in [0.1, 0.15) is 5.75 Å². The van der Waals surface area contributed by atoms with Gasteiger partial charge < -0.3 is 14.9 Å². The molecule has 2 aromatic heterocycles. The zero-order chi connectivity index (χ0) is 23.8. The lowest BCUT2D eigenvalue weighted by Crippen LogP contribution is -2.50. The molecular weight excluding hydrogens is 430 g/mol. The number of carbonyl (C=O) groups is 2. The highest BCUT2D eigenvalue weighted by molar-refractivity contribution is 6.07. The molecule has 1 saturated heterocycles. The van der Waals surface area contributed by atoms with Crippen LogP contribution >= 0.6 is 0 Å². The Bertz CT molecular complexity index is 1390. The Balaban J connectivity index is 1.43. The molecule has 0 unspecified atom stereocenters. The van der Waals surface area contributed by atoms with Crippen LogP contribution in [0.5, 0.6) is 5.75 Å². The summed E-state index contributed by atoms with van der Waals surface area (Å²) in [7, 11) is 1.83. The van der Waals surface area contributed by atoms with Crippen molar-refractivity contribution in [2.45, 2.75) is 6.92 Å². The molecule has 0 bridgehead atoms. The van der Waals surface area contributed by atoms with Gasteiger partial charge >= 0.3 is 0 Å². The molecular formula is C26H25N5O3. The molecule has 1 aliphatic heterocycles. The first-order chi connectivity index (χ1) is 16.4. The molecule has 5 rings (SSSR count). The number of phenolic OH excluding ortho intramolecular Hbond substituents is 1. The Hall–Kier alpha value is -4.20. The second-order valence-electron chi connectivity index (χ2n) is 8.43. The minimum Gasteiger partial charge on any atom is -0.507 e. The third-order valence-corrected chi connectivity index (χ3v) is 6.26. The van der Waals surface area contributed by atoms with E-state index in [1.807, 2.05) is 50.4 Å². The van der Waals surface area contributed by atoms with E-state index in [4.69, 9.17) is 4.98 Å². The molecule has 4 aromatic rings. The van der Waals surface area contributed by atoms with Crippen LogP contribution in [0.4, 0.5) is 0 Å². The van der Waals surface area contributed by atoms with Crippen molar-refractivity contribution in [3.63, 3.8) is 0 Å². The number of pyridine rings is 1. The summed E-state index contributed by atoms with van der Waals surface area (Å²) in [5, 5.41) is 15.3. The first kappa shape index (κ1) is 21.6. The average molecular weight is 456 g/mol. The van der Waals surface area contributed by atoms with Crippen LogP contribution in [-0.4, -0.2) is 67.7 Å². The largest absolute Gasteiger partial charge is 0.507 e. The minimum atomic E-state index is -0.231. The number of rotatable bonds is 3. The summed E-state index contributed by atoms with van der Waals surface area (Å²) in [6, 6.07) is 18.1. The second-order valence-corrected chi connectivity index (χ2v) is 8.43. The van der Waals surface area contributed by atoms with Gasteiger partial charge in [-0.05, 0) is 25.1 Å². The number of aryl methyl sites for hydroxylation is 2. The lowest BCUT2D eigenvalue weighted by atomic mass is 10.0. The zero-order valence-electron chi connectivity index (χ0n) is 19.1. The zero-order valence-corrected chi connectivity index (χ0v) is 19.1. The molecule has 3 heterocycles. The van der Waals surface area contributed by atoms with Gasteiger partial charge in [-0.2, -0.15) is 5.10 Å². The van der Waals surface area contributed by atoms with E-state index in [9.17, 15) is 14.7 Å². The quantitative estimate of drug-likeness (QED) is 0.512. The smallest absolute Gasteiger partial charge is 0.257 e. The Labute approximate surface area is 197 Å². The van der Waals surface area contributed by atoms with Crippen LogP contribution in [0.2, 0.25) is 0 Å². The molecule has 1 N–H and O–H groups in total. The predicted octanol–water partition coefficient (Wildman–Crippen LogP) is 3.25. The number of fused-ring (bicyclic) bond motifs is 1. The third kappa shape index (κ3) is 3.77. The fraction of sp³-hybridized carbons (Fsp3) is 0.231. The Morgan fingerprint density at radius 1 is 0.853 bits per heavy atom. The van der Waals surface area contributed by atoms with Crippen molar-refractivity contribution in [3.05, 3.63) is 77.5 Å². The van der Waals surface area contributed by atoms with Gasteiger partial charge in [-0.1, -0.05) is 42.5 Å². The summed E-state index contributed by atoms with van der Waals surface area (Å²) in [6.45, 7) is 3.48. The third-order valence-electron chi connectivity index (χ3n) is 6.26. The van der Waals surface area contributed by atoms with Crippen molar-refractivity contribution in [1.29, 1.82) is 0 Å². The van der Waals surface area contributed by atoms with Gasteiger partial charge in [-0.3, -0.25) is 14.3 Å². The number of nitrogens with zero attached hydrogens (tertiary/aromatic N) is 5. The van der Waals surface area contributed by atoms with E-state index in [1.54, 1.807) is 32.7 Å². The Morgan fingerprint density at radius 3 is 2.09 bits per heavy atom. The summed E-state index contributed by atoms with van der Waals surface area (Å²) < 4.78 is 1.71. The van der Waals surface area contributed by atoms with E-state index in [0.717, 1.165) is 16.6 Å². The molecule has 0 aliphatic carbocycles. The van der Waals surface area contributed by atoms with Crippen LogP contribution < -0.4 is 0 Å². The number of carbonyl (C=O) groups excluding carboxylic acids is 2. The highest BCUT2D eigenvalue weighted by Gasteiger charge is 2.29. The molecule has 1 aliphatic rings. The summed E-state index contributed by atoms with van der Waals surface area (Å²) in [5.74, 6) is -0.369. The van der Waals surface area contributed by atoms with Gasteiger partial charge in [0, 0.05) is 38.8 Å². The number of para-hydroxylation sites is 1. The van der Waals surface area contributed by atoms with E-state index < -0.39 is 0 Å². The topological polar surface area (TPSA) is 91.6 Å². The van der Waals surface area contributed by atoms with Crippen molar-refractivity contribution in [2.24, 2.45) is 7.05 Å². The summed E-state index contributed by atoms with van der Waals surface area (Å²) in [4.78, 5) is 34.7. The molecule has 172 valence electrons. The van der Waals surface area contributed by atoms with E-state index in [0.29, 0.717) is 43.1 Å². The van der Waals surface area contributed by atoms with E-state index in [-0.39, 0.29) is 23.1 Å². The van der Waals surface area contributed by atoms with E-state index >= 15 is 0 Å². The number of piperazine rings is 1. The summed E-state index contributed by atoms with van der Waals surface area (Å²) >= 11 is 0. The van der Waals surface area contributed by atoms with Crippen LogP contribution in [0.1, 0.15) is 26.4 Å². The first-order valence-corrected chi connectivity index (χ1v) is 11.2. The lowest BCUT2D eigenvalue weighted by molar-refractivity contribution is 0.0534. The normalized spacial score (nSPS) is 13.9. The molecule has 1 fully saturated rings. The van der Waals surface area contributed by atoms with Gasteiger partial charge in [0.05, 0.1) is 27.9 Å². The number of hydrogen-bond donors (Lipinski definition) is 1. The first-order valence-electron chi connectivity index (χ1n) is 11.2. The lowest BCUT2D eigenvalue weighted by Gasteiger charge is -2.35. The SMILES string of the molecule is Cc1nn(C)c2nc(-c3ccccc3)cc(C(=O)N3CCN(C(=O)c4ccccc4O)CC3)c12. The van der Waals surface area contributed by atoms with Gasteiger partial charge in [-0.15, -0.1) is 0 Å². The fourth-order valence-electron chi connectivity index (χ4n) is 4.48. The minimum absolute atomic E-state index is 0.0364. The monoisotopic (exact) mass is 455 g/mol. The summed E-state index contributed by atoms with van der Waals surface area (Å²) in [6.07, 6.45) is 0. The maximum absolute atomic E-state index is 13.7. The van der Waals surface area contributed by atoms with Crippen LogP contribution in [-0.2, 0) is 7.05 Å². The Kier molecular flexibility index (Phi) is 5.49. The summed E-state index contributed by atoms with van der Waals surface area (Å²) in [5.41, 5.74) is 3.90. The number of phenols is 1. The molecule has 8 heteroatoms. The molecule has 0 radical (unpaired) electrons. The molecule has 34 heavy (non-hydrogen) atoms. The Morgan fingerprint density at radius 2 is 1.44 bits per heavy atom. The second kappa shape index (κ2) is 8.62. The number of benzene rings is 2. The molecule has 0 spiro atoms. The molecule has 8 nitrogen and oxygen atoms in total. The number of aromatic nitrogens is 3. The highest BCUT2D eigenvalue weighted by atomic mass is 16.3. The average Bonchev–Trinajstić information content (AvgIpc) is 3.16. The number of aromatic hydroxyl groups is 1. The van der Waals surface area contributed by atoms with Crippen molar-refractivity contribution in [1.82, 2.24) is 24.6 Å².